The number of thiophene rings is 1. The van der Waals surface area contributed by atoms with Crippen molar-refractivity contribution in [3.8, 4) is 0 Å². The topological polar surface area (TPSA) is 57.6 Å². The molecule has 1 aromatic rings. The lowest BCUT2D eigenvalue weighted by molar-refractivity contribution is -0.145. The van der Waals surface area contributed by atoms with Gasteiger partial charge in [-0.3, -0.25) is 4.79 Å². The largest absolute Gasteiger partial charge is 0.479 e. The van der Waals surface area contributed by atoms with Gasteiger partial charge < -0.3 is 10.0 Å². The van der Waals surface area contributed by atoms with Crippen molar-refractivity contribution >= 4 is 23.7 Å². The number of carbonyl (C=O) groups is 2. The van der Waals surface area contributed by atoms with Gasteiger partial charge >= 0.3 is 5.97 Å². The molecule has 0 aromatic carbocycles. The molecule has 1 aromatic heterocycles. The van der Waals surface area contributed by atoms with E-state index in [2.05, 4.69) is 0 Å². The predicted molar refractivity (Wildman–Crippen MR) is 58.0 cm³/mol. The fourth-order valence-electron chi connectivity index (χ4n) is 1.51. The van der Waals surface area contributed by atoms with Crippen LogP contribution in [0.4, 0.5) is 0 Å². The van der Waals surface area contributed by atoms with Gasteiger partial charge in [-0.1, -0.05) is 0 Å². The molecule has 0 bridgehead atoms. The van der Waals surface area contributed by atoms with Crippen molar-refractivity contribution in [2.75, 3.05) is 7.05 Å². The lowest BCUT2D eigenvalue weighted by Crippen LogP contribution is -2.29. The highest BCUT2D eigenvalue weighted by molar-refractivity contribution is 7.12. The van der Waals surface area contributed by atoms with Gasteiger partial charge in [-0.15, -0.1) is 11.3 Å². The molecule has 1 heterocycles. The summed E-state index contributed by atoms with van der Waals surface area (Å²) in [5.74, 6) is -1.01. The van der Waals surface area contributed by atoms with Gasteiger partial charge in [0.2, 0.25) is 6.41 Å². The lowest BCUT2D eigenvalue weighted by atomic mass is 10.1. The molecule has 15 heavy (non-hydrogen) atoms. The zero-order valence-electron chi connectivity index (χ0n) is 8.85. The molecule has 0 fully saturated rings. The van der Waals surface area contributed by atoms with E-state index in [1.54, 1.807) is 0 Å². The van der Waals surface area contributed by atoms with Crippen molar-refractivity contribution < 1.29 is 14.7 Å². The maximum absolute atomic E-state index is 11.1. The molecule has 1 amide bonds. The van der Waals surface area contributed by atoms with Crippen molar-refractivity contribution in [1.82, 2.24) is 4.90 Å². The van der Waals surface area contributed by atoms with E-state index in [0.717, 1.165) is 14.7 Å². The van der Waals surface area contributed by atoms with Gasteiger partial charge in [0.15, 0.2) is 6.04 Å². The summed E-state index contributed by atoms with van der Waals surface area (Å²) in [6.45, 7) is 3.78. The van der Waals surface area contributed by atoms with E-state index in [-0.39, 0.29) is 0 Å². The summed E-state index contributed by atoms with van der Waals surface area (Å²) >= 11 is 1.54. The maximum atomic E-state index is 11.1. The Morgan fingerprint density at radius 2 is 2.20 bits per heavy atom. The van der Waals surface area contributed by atoms with E-state index in [1.807, 2.05) is 19.9 Å². The van der Waals surface area contributed by atoms with Crippen LogP contribution in [0.25, 0.3) is 0 Å². The van der Waals surface area contributed by atoms with Crippen LogP contribution in [0.15, 0.2) is 6.07 Å². The number of hydrogen-bond donors (Lipinski definition) is 1. The standard InChI is InChI=1S/C10H13NO3S/c1-6-4-8(7(2)15-6)9(10(13)14)11(3)5-12/h4-5,9H,1-3H3,(H,13,14). The molecule has 0 saturated carbocycles. The van der Waals surface area contributed by atoms with Crippen LogP contribution >= 0.6 is 11.3 Å². The van der Waals surface area contributed by atoms with Gasteiger partial charge in [-0.05, 0) is 25.5 Å². The average Bonchev–Trinajstić information content (AvgIpc) is 2.45. The fourth-order valence-corrected chi connectivity index (χ4v) is 2.47. The Labute approximate surface area is 92.1 Å². The first-order chi connectivity index (χ1) is 6.97. The number of amides is 1. The first-order valence-electron chi connectivity index (χ1n) is 4.44. The van der Waals surface area contributed by atoms with Crippen LogP contribution in [0, 0.1) is 13.8 Å². The molecule has 0 aliphatic carbocycles. The predicted octanol–water partition coefficient (Wildman–Crippen LogP) is 1.58. The second-order valence-electron chi connectivity index (χ2n) is 3.38. The highest BCUT2D eigenvalue weighted by atomic mass is 32.1. The number of likely N-dealkylation sites (N-methyl/N-ethyl adjacent to an activating group) is 1. The minimum atomic E-state index is -1.01. The molecule has 1 atom stereocenters. The number of carbonyl (C=O) groups excluding carboxylic acids is 1. The van der Waals surface area contributed by atoms with E-state index in [1.165, 1.54) is 18.4 Å². The fraction of sp³-hybridized carbons (Fsp3) is 0.400. The molecule has 82 valence electrons. The summed E-state index contributed by atoms with van der Waals surface area (Å²) in [7, 11) is 1.47. The van der Waals surface area contributed by atoms with Crippen molar-refractivity contribution in [3.05, 3.63) is 21.4 Å². The van der Waals surface area contributed by atoms with E-state index < -0.39 is 12.0 Å². The van der Waals surface area contributed by atoms with Crippen LogP contribution in [0.3, 0.4) is 0 Å². The number of hydrogen-bond acceptors (Lipinski definition) is 3. The molecule has 0 radical (unpaired) electrons. The number of rotatable bonds is 4. The van der Waals surface area contributed by atoms with Crippen molar-refractivity contribution in [2.45, 2.75) is 19.9 Å². The van der Waals surface area contributed by atoms with Crippen LogP contribution in [-0.4, -0.2) is 29.4 Å². The van der Waals surface area contributed by atoms with Crippen molar-refractivity contribution in [1.29, 1.82) is 0 Å². The third-order valence-electron chi connectivity index (χ3n) is 2.18. The smallest absolute Gasteiger partial charge is 0.331 e. The summed E-state index contributed by atoms with van der Waals surface area (Å²) in [5, 5.41) is 9.07. The van der Waals surface area contributed by atoms with Gasteiger partial charge in [0.25, 0.3) is 0 Å². The first kappa shape index (κ1) is 11.7. The van der Waals surface area contributed by atoms with Gasteiger partial charge in [0.1, 0.15) is 0 Å². The summed E-state index contributed by atoms with van der Waals surface area (Å²) in [5.41, 5.74) is 0.694. The molecule has 1 rings (SSSR count). The molecule has 0 spiro atoms. The third kappa shape index (κ3) is 2.36. The molecule has 4 nitrogen and oxygen atoms in total. The Kier molecular flexibility index (Phi) is 3.47. The summed E-state index contributed by atoms with van der Waals surface area (Å²) in [6.07, 6.45) is 0.533. The van der Waals surface area contributed by atoms with Gasteiger partial charge in [0, 0.05) is 16.8 Å². The summed E-state index contributed by atoms with van der Waals surface area (Å²) in [6, 6.07) is 0.936. The quantitative estimate of drug-likeness (QED) is 0.794. The molecule has 0 saturated heterocycles. The van der Waals surface area contributed by atoms with Gasteiger partial charge in [-0.25, -0.2) is 4.79 Å². The molecular weight excluding hydrogens is 214 g/mol. The molecular formula is C10H13NO3S. The zero-order valence-corrected chi connectivity index (χ0v) is 9.67. The third-order valence-corrected chi connectivity index (χ3v) is 3.16. The lowest BCUT2D eigenvalue weighted by Gasteiger charge is -2.20. The summed E-state index contributed by atoms with van der Waals surface area (Å²) in [4.78, 5) is 24.8. The van der Waals surface area contributed by atoms with Crippen LogP contribution in [0.5, 0.6) is 0 Å². The van der Waals surface area contributed by atoms with Crippen LogP contribution in [-0.2, 0) is 9.59 Å². The highest BCUT2D eigenvalue weighted by Crippen LogP contribution is 2.29. The Hall–Kier alpha value is -1.36. The van der Waals surface area contributed by atoms with Crippen LogP contribution < -0.4 is 0 Å². The highest BCUT2D eigenvalue weighted by Gasteiger charge is 2.26. The molecule has 0 aliphatic rings. The molecule has 1 unspecified atom stereocenters. The Morgan fingerprint density at radius 3 is 2.53 bits per heavy atom. The van der Waals surface area contributed by atoms with E-state index in [4.69, 9.17) is 5.11 Å². The normalized spacial score (nSPS) is 12.2. The SMILES string of the molecule is Cc1cc(C(C(=O)O)N(C)C=O)c(C)s1. The van der Waals surface area contributed by atoms with E-state index in [0.29, 0.717) is 12.0 Å². The van der Waals surface area contributed by atoms with E-state index in [9.17, 15) is 9.59 Å². The molecule has 0 aliphatic heterocycles. The van der Waals surface area contributed by atoms with Crippen molar-refractivity contribution in [3.63, 3.8) is 0 Å². The Balaban J connectivity index is 3.15. The van der Waals surface area contributed by atoms with Crippen LogP contribution in [0.1, 0.15) is 21.4 Å². The first-order valence-corrected chi connectivity index (χ1v) is 5.26. The van der Waals surface area contributed by atoms with E-state index >= 15 is 0 Å². The second kappa shape index (κ2) is 4.44. The number of carboxylic acid groups (broad SMARTS) is 1. The van der Waals surface area contributed by atoms with Gasteiger partial charge in [-0.2, -0.15) is 0 Å². The minimum absolute atomic E-state index is 0.533. The van der Waals surface area contributed by atoms with Gasteiger partial charge in [0.05, 0.1) is 0 Å². The monoisotopic (exact) mass is 227 g/mol. The maximum Gasteiger partial charge on any atom is 0.331 e. The number of carboxylic acids is 1. The Morgan fingerprint density at radius 1 is 1.60 bits per heavy atom. The average molecular weight is 227 g/mol. The second-order valence-corrected chi connectivity index (χ2v) is 4.84. The molecule has 1 N–H and O–H groups in total. The van der Waals surface area contributed by atoms with Crippen LogP contribution in [0.2, 0.25) is 0 Å². The van der Waals surface area contributed by atoms with Crippen molar-refractivity contribution in [2.24, 2.45) is 0 Å². The number of aryl methyl sites for hydroxylation is 2. The number of nitrogens with zero attached hydrogens (tertiary/aromatic N) is 1. The number of aliphatic carboxylic acids is 1. The molecule has 5 heteroatoms. The zero-order chi connectivity index (χ0) is 11.6. The minimum Gasteiger partial charge on any atom is -0.479 e. The summed E-state index contributed by atoms with van der Waals surface area (Å²) < 4.78 is 0. The Bertz CT molecular complexity index is 386.